The van der Waals surface area contributed by atoms with E-state index >= 15 is 0 Å². The Morgan fingerprint density at radius 1 is 0.783 bits per heavy atom. The number of anilines is 1. The summed E-state index contributed by atoms with van der Waals surface area (Å²) < 4.78 is 0. The van der Waals surface area contributed by atoms with Crippen LogP contribution < -0.4 is 4.90 Å². The predicted molar refractivity (Wildman–Crippen MR) is 96.4 cm³/mol. The molecule has 4 rings (SSSR count). The maximum absolute atomic E-state index is 4.95. The van der Waals surface area contributed by atoms with E-state index in [2.05, 4.69) is 78.6 Å². The largest absolute Gasteiger partial charge is 0.321 e. The monoisotopic (exact) mass is 298 g/mol. The number of hydrogen-bond acceptors (Lipinski definition) is 2. The van der Waals surface area contributed by atoms with Gasteiger partial charge in [-0.15, -0.1) is 0 Å². The Bertz CT molecular complexity index is 849. The second-order valence-electron chi connectivity index (χ2n) is 5.85. The molecule has 112 valence electrons. The van der Waals surface area contributed by atoms with E-state index < -0.39 is 0 Å². The van der Waals surface area contributed by atoms with Gasteiger partial charge in [0.2, 0.25) is 0 Å². The van der Waals surface area contributed by atoms with Gasteiger partial charge in [0.25, 0.3) is 0 Å². The predicted octanol–water partition coefficient (Wildman–Crippen LogP) is 5.09. The molecule has 3 aromatic rings. The van der Waals surface area contributed by atoms with Crippen molar-refractivity contribution in [2.24, 2.45) is 4.99 Å². The van der Waals surface area contributed by atoms with Crippen molar-refractivity contribution in [1.82, 2.24) is 0 Å². The zero-order valence-electron chi connectivity index (χ0n) is 13.1. The molecule has 0 saturated carbocycles. The van der Waals surface area contributed by atoms with E-state index in [1.165, 1.54) is 16.8 Å². The molecule has 0 atom stereocenters. The molecule has 0 unspecified atom stereocenters. The Kier molecular flexibility index (Phi) is 3.43. The molecule has 0 aliphatic carbocycles. The summed E-state index contributed by atoms with van der Waals surface area (Å²) in [5.74, 6) is 1.01. The first-order valence-corrected chi connectivity index (χ1v) is 7.87. The lowest BCUT2D eigenvalue weighted by Gasteiger charge is -2.31. The number of rotatable bonds is 2. The van der Waals surface area contributed by atoms with E-state index in [0.29, 0.717) is 0 Å². The second-order valence-corrected chi connectivity index (χ2v) is 5.85. The summed E-state index contributed by atoms with van der Waals surface area (Å²) in [6.07, 6.45) is 0. The summed E-state index contributed by atoms with van der Waals surface area (Å²) in [5.41, 5.74) is 5.90. The summed E-state index contributed by atoms with van der Waals surface area (Å²) in [7, 11) is 0. The van der Waals surface area contributed by atoms with Crippen LogP contribution in [0.4, 0.5) is 11.4 Å². The van der Waals surface area contributed by atoms with Gasteiger partial charge in [-0.05, 0) is 30.7 Å². The lowest BCUT2D eigenvalue weighted by atomic mass is 10.1. The first-order valence-electron chi connectivity index (χ1n) is 7.87. The SMILES string of the molecule is Cc1ccc(C2=Nc3ccccc3CN2c2ccccc2)cc1. The van der Waals surface area contributed by atoms with Gasteiger partial charge in [0.1, 0.15) is 5.84 Å². The molecule has 2 nitrogen and oxygen atoms in total. The highest BCUT2D eigenvalue weighted by molar-refractivity contribution is 6.12. The van der Waals surface area contributed by atoms with Crippen molar-refractivity contribution in [2.45, 2.75) is 13.5 Å². The molecule has 0 amide bonds. The van der Waals surface area contributed by atoms with Crippen molar-refractivity contribution in [3.8, 4) is 0 Å². The van der Waals surface area contributed by atoms with E-state index in [1.54, 1.807) is 0 Å². The van der Waals surface area contributed by atoms with Crippen LogP contribution in [0.3, 0.4) is 0 Å². The Labute approximate surface area is 136 Å². The van der Waals surface area contributed by atoms with Crippen LogP contribution in [0.15, 0.2) is 83.9 Å². The molecule has 0 spiro atoms. The lowest BCUT2D eigenvalue weighted by Crippen LogP contribution is -2.33. The molecule has 0 N–H and O–H groups in total. The topological polar surface area (TPSA) is 15.6 Å². The van der Waals surface area contributed by atoms with Crippen molar-refractivity contribution >= 4 is 17.2 Å². The number of nitrogens with zero attached hydrogens (tertiary/aromatic N) is 2. The summed E-state index contributed by atoms with van der Waals surface area (Å²) in [6, 6.07) is 27.4. The zero-order chi connectivity index (χ0) is 15.6. The van der Waals surface area contributed by atoms with Gasteiger partial charge in [-0.2, -0.15) is 0 Å². The summed E-state index contributed by atoms with van der Waals surface area (Å²) >= 11 is 0. The number of fused-ring (bicyclic) bond motifs is 1. The minimum Gasteiger partial charge on any atom is -0.321 e. The first-order chi connectivity index (χ1) is 11.3. The molecule has 3 aromatic carbocycles. The van der Waals surface area contributed by atoms with Crippen LogP contribution in [-0.4, -0.2) is 5.84 Å². The van der Waals surface area contributed by atoms with E-state index in [-0.39, 0.29) is 0 Å². The van der Waals surface area contributed by atoms with E-state index in [1.807, 2.05) is 12.1 Å². The smallest absolute Gasteiger partial charge is 0.141 e. The van der Waals surface area contributed by atoms with Crippen molar-refractivity contribution in [3.63, 3.8) is 0 Å². The number of hydrogen-bond donors (Lipinski definition) is 0. The van der Waals surface area contributed by atoms with E-state index in [0.717, 1.165) is 23.6 Å². The highest BCUT2D eigenvalue weighted by Crippen LogP contribution is 2.31. The van der Waals surface area contributed by atoms with Gasteiger partial charge in [-0.25, -0.2) is 4.99 Å². The van der Waals surface area contributed by atoms with Gasteiger partial charge in [0.15, 0.2) is 0 Å². The molecule has 0 radical (unpaired) electrons. The third-order valence-corrected chi connectivity index (χ3v) is 4.18. The Morgan fingerprint density at radius 3 is 2.26 bits per heavy atom. The van der Waals surface area contributed by atoms with Gasteiger partial charge in [-0.3, -0.25) is 0 Å². The molecular weight excluding hydrogens is 280 g/mol. The fraction of sp³-hybridized carbons (Fsp3) is 0.0952. The molecule has 1 heterocycles. The molecule has 0 saturated heterocycles. The highest BCUT2D eigenvalue weighted by atomic mass is 15.2. The molecule has 1 aliphatic heterocycles. The standard InChI is InChI=1S/C21H18N2/c1-16-11-13-17(14-12-16)21-22-20-10-6-5-7-18(20)15-23(21)19-8-3-2-4-9-19/h2-14H,15H2,1H3. The fourth-order valence-electron chi connectivity index (χ4n) is 2.92. The maximum atomic E-state index is 4.95. The van der Waals surface area contributed by atoms with Gasteiger partial charge >= 0.3 is 0 Å². The normalized spacial score (nSPS) is 13.4. The minimum atomic E-state index is 0.840. The van der Waals surface area contributed by atoms with Crippen LogP contribution in [-0.2, 0) is 6.54 Å². The number of amidine groups is 1. The summed E-state index contributed by atoms with van der Waals surface area (Å²) in [6.45, 7) is 2.95. The zero-order valence-corrected chi connectivity index (χ0v) is 13.1. The fourth-order valence-corrected chi connectivity index (χ4v) is 2.92. The average Bonchev–Trinajstić information content (AvgIpc) is 2.62. The maximum Gasteiger partial charge on any atom is 0.141 e. The molecular formula is C21H18N2. The molecule has 1 aliphatic rings. The van der Waals surface area contributed by atoms with Gasteiger partial charge < -0.3 is 4.90 Å². The summed E-state index contributed by atoms with van der Waals surface area (Å²) in [5, 5.41) is 0. The Hall–Kier alpha value is -2.87. The number of aliphatic imine (C=N–C) groups is 1. The molecule has 0 aromatic heterocycles. The van der Waals surface area contributed by atoms with Crippen LogP contribution in [0.1, 0.15) is 16.7 Å². The van der Waals surface area contributed by atoms with Gasteiger partial charge in [0, 0.05) is 11.3 Å². The van der Waals surface area contributed by atoms with E-state index in [4.69, 9.17) is 4.99 Å². The van der Waals surface area contributed by atoms with Crippen molar-refractivity contribution < 1.29 is 0 Å². The van der Waals surface area contributed by atoms with Crippen molar-refractivity contribution in [1.29, 1.82) is 0 Å². The lowest BCUT2D eigenvalue weighted by molar-refractivity contribution is 0.977. The van der Waals surface area contributed by atoms with Gasteiger partial charge in [-0.1, -0.05) is 66.2 Å². The third kappa shape index (κ3) is 2.64. The minimum absolute atomic E-state index is 0.840. The summed E-state index contributed by atoms with van der Waals surface area (Å²) in [4.78, 5) is 7.23. The Balaban J connectivity index is 1.86. The van der Waals surface area contributed by atoms with E-state index in [9.17, 15) is 0 Å². The van der Waals surface area contributed by atoms with Crippen LogP contribution >= 0.6 is 0 Å². The first kappa shape index (κ1) is 13.8. The molecule has 2 heteroatoms. The van der Waals surface area contributed by atoms with Crippen LogP contribution in [0.5, 0.6) is 0 Å². The van der Waals surface area contributed by atoms with Gasteiger partial charge in [0.05, 0.1) is 12.2 Å². The Morgan fingerprint density at radius 2 is 1.48 bits per heavy atom. The number of para-hydroxylation sites is 2. The van der Waals surface area contributed by atoms with Crippen LogP contribution in [0.25, 0.3) is 0 Å². The molecule has 0 bridgehead atoms. The quantitative estimate of drug-likeness (QED) is 0.643. The van der Waals surface area contributed by atoms with Crippen LogP contribution in [0, 0.1) is 6.92 Å². The average molecular weight is 298 g/mol. The van der Waals surface area contributed by atoms with Crippen molar-refractivity contribution in [3.05, 3.63) is 95.6 Å². The molecule has 23 heavy (non-hydrogen) atoms. The number of benzene rings is 3. The highest BCUT2D eigenvalue weighted by Gasteiger charge is 2.22. The van der Waals surface area contributed by atoms with Crippen LogP contribution in [0.2, 0.25) is 0 Å². The second kappa shape index (κ2) is 5.73. The van der Waals surface area contributed by atoms with Crippen molar-refractivity contribution in [2.75, 3.05) is 4.90 Å². The number of aryl methyl sites for hydroxylation is 1. The third-order valence-electron chi connectivity index (χ3n) is 4.18. The molecule has 0 fully saturated rings.